The van der Waals surface area contributed by atoms with Crippen LogP contribution < -0.4 is 10.5 Å². The Morgan fingerprint density at radius 2 is 1.69 bits per heavy atom. The van der Waals surface area contributed by atoms with E-state index in [1.165, 1.54) is 0 Å². The number of aliphatic hydroxyl groups excluding tert-OH is 1. The van der Waals surface area contributed by atoms with Crippen LogP contribution in [0.25, 0.3) is 0 Å². The van der Waals surface area contributed by atoms with E-state index in [-0.39, 0.29) is 12.0 Å². The van der Waals surface area contributed by atoms with Crippen LogP contribution in [0, 0.1) is 19.8 Å². The lowest BCUT2D eigenvalue weighted by Gasteiger charge is -2.25. The lowest BCUT2D eigenvalue weighted by molar-refractivity contribution is 0.0474. The Morgan fingerprint density at radius 1 is 1.19 bits per heavy atom. The van der Waals surface area contributed by atoms with E-state index in [1.54, 1.807) is 0 Å². The van der Waals surface area contributed by atoms with Gasteiger partial charge in [0.1, 0.15) is 18.1 Å². The summed E-state index contributed by atoms with van der Waals surface area (Å²) in [6.07, 6.45) is -0.959. The SMILES string of the molecule is Cc1cccc(C)c1OC(C)C(C)C(N)O. The zero-order valence-corrected chi connectivity index (χ0v) is 10.4. The Balaban J connectivity index is 2.80. The Morgan fingerprint density at radius 3 is 2.12 bits per heavy atom. The largest absolute Gasteiger partial charge is 0.490 e. The van der Waals surface area contributed by atoms with Gasteiger partial charge in [-0.15, -0.1) is 0 Å². The summed E-state index contributed by atoms with van der Waals surface area (Å²) >= 11 is 0. The molecule has 0 amide bonds. The molecule has 0 aliphatic heterocycles. The van der Waals surface area contributed by atoms with Crippen LogP contribution in [0.3, 0.4) is 0 Å². The summed E-state index contributed by atoms with van der Waals surface area (Å²) in [7, 11) is 0. The zero-order valence-electron chi connectivity index (χ0n) is 10.4. The predicted molar refractivity (Wildman–Crippen MR) is 65.4 cm³/mol. The van der Waals surface area contributed by atoms with Gasteiger partial charge in [-0.1, -0.05) is 25.1 Å². The predicted octanol–water partition coefficient (Wildman–Crippen LogP) is 1.98. The summed E-state index contributed by atoms with van der Waals surface area (Å²) in [6.45, 7) is 7.83. The van der Waals surface area contributed by atoms with E-state index in [2.05, 4.69) is 0 Å². The highest BCUT2D eigenvalue weighted by Gasteiger charge is 2.20. The molecule has 1 aromatic carbocycles. The first-order chi connectivity index (χ1) is 7.43. The van der Waals surface area contributed by atoms with Crippen LogP contribution in [0.2, 0.25) is 0 Å². The maximum atomic E-state index is 9.31. The maximum Gasteiger partial charge on any atom is 0.125 e. The van der Waals surface area contributed by atoms with Crippen molar-refractivity contribution in [2.75, 3.05) is 0 Å². The number of hydrogen-bond acceptors (Lipinski definition) is 3. The Hall–Kier alpha value is -1.06. The number of nitrogens with two attached hydrogens (primary N) is 1. The van der Waals surface area contributed by atoms with Gasteiger partial charge in [0.2, 0.25) is 0 Å². The number of rotatable bonds is 4. The number of aryl methyl sites for hydroxylation is 2. The third-order valence-electron chi connectivity index (χ3n) is 2.99. The molecule has 0 radical (unpaired) electrons. The van der Waals surface area contributed by atoms with E-state index in [0.29, 0.717) is 0 Å². The molecule has 0 spiro atoms. The van der Waals surface area contributed by atoms with Gasteiger partial charge in [0.15, 0.2) is 0 Å². The summed E-state index contributed by atoms with van der Waals surface area (Å²) in [6, 6.07) is 6.03. The molecule has 0 aliphatic rings. The Bertz CT molecular complexity index is 330. The standard InChI is InChI=1S/C13H21NO2/c1-8-6-5-7-9(2)12(8)16-11(4)10(3)13(14)15/h5-7,10-11,13,15H,14H2,1-4H3. The lowest BCUT2D eigenvalue weighted by Crippen LogP contribution is -2.37. The lowest BCUT2D eigenvalue weighted by atomic mass is 10.0. The van der Waals surface area contributed by atoms with E-state index in [9.17, 15) is 5.11 Å². The highest BCUT2D eigenvalue weighted by atomic mass is 16.5. The Labute approximate surface area is 97.2 Å². The molecule has 0 saturated carbocycles. The monoisotopic (exact) mass is 223 g/mol. The molecule has 3 unspecified atom stereocenters. The first-order valence-corrected chi connectivity index (χ1v) is 5.60. The van der Waals surface area contributed by atoms with Gasteiger partial charge in [-0.25, -0.2) is 0 Å². The second-order valence-corrected chi connectivity index (χ2v) is 4.39. The quantitative estimate of drug-likeness (QED) is 0.767. The number of benzene rings is 1. The van der Waals surface area contributed by atoms with Crippen LogP contribution in [-0.2, 0) is 0 Å². The molecule has 0 saturated heterocycles. The van der Waals surface area contributed by atoms with Gasteiger partial charge >= 0.3 is 0 Å². The topological polar surface area (TPSA) is 55.5 Å². The van der Waals surface area contributed by atoms with Crippen molar-refractivity contribution in [1.82, 2.24) is 0 Å². The molecule has 3 nitrogen and oxygen atoms in total. The number of aliphatic hydroxyl groups is 1. The summed E-state index contributed by atoms with van der Waals surface area (Å²) < 4.78 is 5.86. The third kappa shape index (κ3) is 2.97. The van der Waals surface area contributed by atoms with Gasteiger partial charge < -0.3 is 15.6 Å². The fourth-order valence-electron chi connectivity index (χ4n) is 1.56. The van der Waals surface area contributed by atoms with Gasteiger partial charge in [-0.05, 0) is 31.9 Å². The molecule has 0 aliphatic carbocycles. The minimum absolute atomic E-state index is 0.0981. The van der Waals surface area contributed by atoms with E-state index in [0.717, 1.165) is 16.9 Å². The van der Waals surface area contributed by atoms with E-state index in [4.69, 9.17) is 10.5 Å². The van der Waals surface area contributed by atoms with Gasteiger partial charge in [-0.3, -0.25) is 0 Å². The van der Waals surface area contributed by atoms with Crippen LogP contribution in [-0.4, -0.2) is 17.4 Å². The van der Waals surface area contributed by atoms with Gasteiger partial charge in [0, 0.05) is 5.92 Å². The van der Waals surface area contributed by atoms with Gasteiger partial charge in [0.05, 0.1) is 0 Å². The van der Waals surface area contributed by atoms with Crippen molar-refractivity contribution in [3.05, 3.63) is 29.3 Å². The zero-order chi connectivity index (χ0) is 12.3. The number of hydrogen-bond donors (Lipinski definition) is 2. The molecule has 0 heterocycles. The molecule has 1 aromatic rings. The normalized spacial score (nSPS) is 16.6. The summed E-state index contributed by atoms with van der Waals surface area (Å²) in [5.41, 5.74) is 7.65. The first kappa shape index (κ1) is 13.0. The van der Waals surface area contributed by atoms with E-state index >= 15 is 0 Å². The average Bonchev–Trinajstić information content (AvgIpc) is 2.22. The summed E-state index contributed by atoms with van der Waals surface area (Å²) in [5, 5.41) is 9.31. The molecule has 0 bridgehead atoms. The molecule has 3 N–H and O–H groups in total. The van der Waals surface area contributed by atoms with Crippen LogP contribution >= 0.6 is 0 Å². The molecule has 3 heteroatoms. The van der Waals surface area contributed by atoms with E-state index in [1.807, 2.05) is 45.9 Å². The Kier molecular flexibility index (Phi) is 4.33. The van der Waals surface area contributed by atoms with Crippen LogP contribution in [0.15, 0.2) is 18.2 Å². The fraction of sp³-hybridized carbons (Fsp3) is 0.538. The smallest absolute Gasteiger partial charge is 0.125 e. The highest BCUT2D eigenvalue weighted by Crippen LogP contribution is 2.25. The number of para-hydroxylation sites is 1. The fourth-order valence-corrected chi connectivity index (χ4v) is 1.56. The molecular weight excluding hydrogens is 202 g/mol. The van der Waals surface area contributed by atoms with Crippen molar-refractivity contribution in [2.24, 2.45) is 11.7 Å². The van der Waals surface area contributed by atoms with Crippen LogP contribution in [0.4, 0.5) is 0 Å². The average molecular weight is 223 g/mol. The van der Waals surface area contributed by atoms with Crippen LogP contribution in [0.1, 0.15) is 25.0 Å². The van der Waals surface area contributed by atoms with Crippen molar-refractivity contribution in [1.29, 1.82) is 0 Å². The van der Waals surface area contributed by atoms with Crippen molar-refractivity contribution >= 4 is 0 Å². The maximum absolute atomic E-state index is 9.31. The summed E-state index contributed by atoms with van der Waals surface area (Å²) in [4.78, 5) is 0. The second-order valence-electron chi connectivity index (χ2n) is 4.39. The molecule has 0 fully saturated rings. The second kappa shape index (κ2) is 5.32. The molecule has 90 valence electrons. The van der Waals surface area contributed by atoms with Gasteiger partial charge in [-0.2, -0.15) is 0 Å². The van der Waals surface area contributed by atoms with E-state index < -0.39 is 6.23 Å². The molecule has 1 rings (SSSR count). The third-order valence-corrected chi connectivity index (χ3v) is 2.99. The van der Waals surface area contributed by atoms with Gasteiger partial charge in [0.25, 0.3) is 0 Å². The minimum Gasteiger partial charge on any atom is -0.490 e. The minimum atomic E-state index is -0.848. The molecule has 3 atom stereocenters. The van der Waals surface area contributed by atoms with Crippen molar-refractivity contribution in [2.45, 2.75) is 40.0 Å². The molecule has 0 aromatic heterocycles. The molecular formula is C13H21NO2. The van der Waals surface area contributed by atoms with Crippen molar-refractivity contribution in [3.8, 4) is 5.75 Å². The highest BCUT2D eigenvalue weighted by molar-refractivity contribution is 5.39. The first-order valence-electron chi connectivity index (χ1n) is 5.60. The van der Waals surface area contributed by atoms with Crippen LogP contribution in [0.5, 0.6) is 5.75 Å². The number of ether oxygens (including phenoxy) is 1. The summed E-state index contributed by atoms with van der Waals surface area (Å²) in [5.74, 6) is 0.793. The molecule has 16 heavy (non-hydrogen) atoms. The van der Waals surface area contributed by atoms with Crippen molar-refractivity contribution < 1.29 is 9.84 Å². The van der Waals surface area contributed by atoms with Crippen molar-refractivity contribution in [3.63, 3.8) is 0 Å².